The number of carbonyl (C=O) groups excluding carboxylic acids is 1. The quantitative estimate of drug-likeness (QED) is 0.194. The Morgan fingerprint density at radius 1 is 1.06 bits per heavy atom. The number of aromatic nitrogens is 1. The van der Waals surface area contributed by atoms with Gasteiger partial charge < -0.3 is 15.2 Å². The molecule has 0 bridgehead atoms. The number of nitrogens with one attached hydrogen (secondary N) is 1. The largest absolute Gasteiger partial charge is 0.505 e. The van der Waals surface area contributed by atoms with Crippen LogP contribution in [0, 0.1) is 13.8 Å². The Bertz CT molecular complexity index is 1380. The molecule has 0 aliphatic carbocycles. The molecule has 8 heteroatoms. The van der Waals surface area contributed by atoms with Crippen LogP contribution in [0.4, 0.5) is 10.8 Å². The zero-order valence-corrected chi connectivity index (χ0v) is 19.2. The maximum atomic E-state index is 13.1. The van der Waals surface area contributed by atoms with E-state index in [1.54, 1.807) is 31.4 Å². The summed E-state index contributed by atoms with van der Waals surface area (Å²) in [6, 6.07) is 19.9. The molecule has 1 amide bonds. The van der Waals surface area contributed by atoms with E-state index < -0.39 is 5.91 Å². The number of fused-ring (bicyclic) bond motifs is 1. The lowest BCUT2D eigenvalue weighted by atomic mass is 10.1. The molecule has 0 fully saturated rings. The normalized spacial score (nSPS) is 12.1. The van der Waals surface area contributed by atoms with Gasteiger partial charge in [0.25, 0.3) is 5.91 Å². The third-order valence-electron chi connectivity index (χ3n) is 4.94. The van der Waals surface area contributed by atoms with E-state index >= 15 is 0 Å². The zero-order chi connectivity index (χ0) is 23.4. The van der Waals surface area contributed by atoms with Gasteiger partial charge in [-0.3, -0.25) is 4.79 Å². The number of hydrogen-bond donors (Lipinski definition) is 2. The van der Waals surface area contributed by atoms with Crippen molar-refractivity contribution in [2.45, 2.75) is 13.8 Å². The molecule has 7 nitrogen and oxygen atoms in total. The number of amides is 1. The van der Waals surface area contributed by atoms with Crippen LogP contribution >= 0.6 is 11.3 Å². The van der Waals surface area contributed by atoms with E-state index in [4.69, 9.17) is 4.74 Å². The molecule has 3 aromatic carbocycles. The number of aryl methyl sites for hydroxylation is 2. The van der Waals surface area contributed by atoms with E-state index in [2.05, 4.69) is 20.5 Å². The molecule has 4 rings (SSSR count). The molecule has 2 N–H and O–H groups in total. The molecule has 4 aromatic rings. The average molecular weight is 459 g/mol. The van der Waals surface area contributed by atoms with Gasteiger partial charge in [0.2, 0.25) is 5.13 Å². The molecule has 0 radical (unpaired) electrons. The molecule has 0 aliphatic rings. The fourth-order valence-corrected chi connectivity index (χ4v) is 4.04. The van der Waals surface area contributed by atoms with Crippen molar-refractivity contribution in [2.75, 3.05) is 12.4 Å². The lowest BCUT2D eigenvalue weighted by Gasteiger charge is -2.10. The number of rotatable bonds is 6. The molecule has 1 heterocycles. The monoisotopic (exact) mass is 458 g/mol. The zero-order valence-electron chi connectivity index (χ0n) is 18.4. The number of nitrogens with zero attached hydrogens (tertiary/aromatic N) is 3. The first-order valence-corrected chi connectivity index (χ1v) is 11.0. The van der Waals surface area contributed by atoms with Crippen LogP contribution in [0.1, 0.15) is 16.7 Å². The number of aliphatic hydroxyl groups is 1. The predicted octanol–water partition coefficient (Wildman–Crippen LogP) is 6.57. The summed E-state index contributed by atoms with van der Waals surface area (Å²) in [6.07, 6.45) is 0. The fourth-order valence-electron chi connectivity index (χ4n) is 3.22. The van der Waals surface area contributed by atoms with Crippen LogP contribution < -0.4 is 10.1 Å². The summed E-state index contributed by atoms with van der Waals surface area (Å²) in [5.74, 6) is -0.135. The Hall–Kier alpha value is -4.04. The first-order chi connectivity index (χ1) is 15.9. The van der Waals surface area contributed by atoms with Crippen LogP contribution in [-0.4, -0.2) is 23.1 Å². The Balaban J connectivity index is 1.70. The van der Waals surface area contributed by atoms with Crippen molar-refractivity contribution in [3.63, 3.8) is 0 Å². The molecule has 0 spiro atoms. The van der Waals surface area contributed by atoms with E-state index in [1.165, 1.54) is 11.3 Å². The summed E-state index contributed by atoms with van der Waals surface area (Å²) < 4.78 is 6.12. The second kappa shape index (κ2) is 9.62. The van der Waals surface area contributed by atoms with Gasteiger partial charge in [-0.15, -0.1) is 10.2 Å². The number of thiazole rings is 1. The molecular formula is C25H22N4O3S. The van der Waals surface area contributed by atoms with Crippen molar-refractivity contribution in [3.05, 3.63) is 89.1 Å². The molecular weight excluding hydrogens is 436 g/mol. The van der Waals surface area contributed by atoms with Crippen LogP contribution in [0.25, 0.3) is 16.0 Å². The fraction of sp³-hybridized carbons (Fsp3) is 0.120. The maximum Gasteiger partial charge on any atom is 0.280 e. The number of aliphatic hydroxyl groups excluding tert-OH is 1. The highest BCUT2D eigenvalue weighted by atomic mass is 32.1. The van der Waals surface area contributed by atoms with Crippen molar-refractivity contribution in [2.24, 2.45) is 10.2 Å². The Kier molecular flexibility index (Phi) is 6.46. The van der Waals surface area contributed by atoms with E-state index in [-0.39, 0.29) is 11.5 Å². The van der Waals surface area contributed by atoms with Crippen LogP contribution in [0.15, 0.2) is 82.7 Å². The van der Waals surface area contributed by atoms with Gasteiger partial charge in [-0.05, 0) is 43.7 Å². The maximum absolute atomic E-state index is 13.1. The summed E-state index contributed by atoms with van der Waals surface area (Å²) in [4.78, 5) is 17.6. The Morgan fingerprint density at radius 3 is 2.58 bits per heavy atom. The van der Waals surface area contributed by atoms with Crippen molar-refractivity contribution in [1.82, 2.24) is 4.98 Å². The SMILES string of the molecule is COc1ccc2nc(N=NC(C(=O)Nc3ccc(C)cc3C)=C(O)c3ccccc3)sc2c1. The molecule has 0 aliphatic heterocycles. The van der Waals surface area contributed by atoms with Gasteiger partial charge in [0.15, 0.2) is 11.5 Å². The molecule has 33 heavy (non-hydrogen) atoms. The van der Waals surface area contributed by atoms with Crippen LogP contribution in [-0.2, 0) is 4.79 Å². The van der Waals surface area contributed by atoms with E-state index in [0.29, 0.717) is 22.1 Å². The van der Waals surface area contributed by atoms with Crippen molar-refractivity contribution >= 4 is 44.0 Å². The highest BCUT2D eigenvalue weighted by Gasteiger charge is 2.18. The molecule has 1 aromatic heterocycles. The van der Waals surface area contributed by atoms with Gasteiger partial charge >= 0.3 is 0 Å². The highest BCUT2D eigenvalue weighted by molar-refractivity contribution is 7.21. The minimum atomic E-state index is -0.574. The average Bonchev–Trinajstić information content (AvgIpc) is 3.23. The van der Waals surface area contributed by atoms with Gasteiger partial charge in [0, 0.05) is 11.3 Å². The molecule has 0 saturated carbocycles. The predicted molar refractivity (Wildman–Crippen MR) is 131 cm³/mol. The van der Waals surface area contributed by atoms with Crippen LogP contribution in [0.2, 0.25) is 0 Å². The van der Waals surface area contributed by atoms with Gasteiger partial charge in [0.05, 0.1) is 17.3 Å². The minimum Gasteiger partial charge on any atom is -0.505 e. The Labute approximate surface area is 195 Å². The summed E-state index contributed by atoms with van der Waals surface area (Å²) in [7, 11) is 1.60. The van der Waals surface area contributed by atoms with Gasteiger partial charge in [-0.25, -0.2) is 4.98 Å². The lowest BCUT2D eigenvalue weighted by molar-refractivity contribution is -0.112. The van der Waals surface area contributed by atoms with E-state index in [9.17, 15) is 9.90 Å². The van der Waals surface area contributed by atoms with Gasteiger partial charge in [-0.1, -0.05) is 59.4 Å². The van der Waals surface area contributed by atoms with Crippen molar-refractivity contribution in [1.29, 1.82) is 0 Å². The standard InChI is InChI=1S/C25H22N4O3S/c1-15-9-11-19(16(2)13-15)26-24(31)22(23(30)17-7-5-4-6-8-17)28-29-25-27-20-12-10-18(32-3)14-21(20)33-25/h4-14,30H,1-3H3,(H,26,31). The number of azo groups is 1. The number of anilines is 1. The number of ether oxygens (including phenoxy) is 1. The molecule has 166 valence electrons. The summed E-state index contributed by atoms with van der Waals surface area (Å²) in [5, 5.41) is 22.3. The minimum absolute atomic E-state index is 0.210. The van der Waals surface area contributed by atoms with Crippen molar-refractivity contribution in [3.8, 4) is 5.75 Å². The molecule has 0 saturated heterocycles. The smallest absolute Gasteiger partial charge is 0.280 e. The number of carbonyl (C=O) groups is 1. The first kappa shape index (κ1) is 22.2. The lowest BCUT2D eigenvalue weighted by Crippen LogP contribution is -2.15. The third kappa shape index (κ3) is 5.07. The molecule has 0 unspecified atom stereocenters. The first-order valence-electron chi connectivity index (χ1n) is 10.2. The van der Waals surface area contributed by atoms with Gasteiger partial charge in [0.1, 0.15) is 5.75 Å². The second-order valence-corrected chi connectivity index (χ2v) is 8.37. The summed E-state index contributed by atoms with van der Waals surface area (Å²) >= 11 is 1.31. The van der Waals surface area contributed by atoms with Crippen molar-refractivity contribution < 1.29 is 14.6 Å². The van der Waals surface area contributed by atoms with Crippen LogP contribution in [0.3, 0.4) is 0 Å². The van der Waals surface area contributed by atoms with Gasteiger partial charge in [-0.2, -0.15) is 0 Å². The van der Waals surface area contributed by atoms with Crippen LogP contribution in [0.5, 0.6) is 5.75 Å². The number of methoxy groups -OCH3 is 1. The molecule has 0 atom stereocenters. The number of hydrogen-bond acceptors (Lipinski definition) is 7. The highest BCUT2D eigenvalue weighted by Crippen LogP contribution is 2.32. The topological polar surface area (TPSA) is 96.2 Å². The summed E-state index contributed by atoms with van der Waals surface area (Å²) in [6.45, 7) is 3.88. The van der Waals surface area contributed by atoms with E-state index in [0.717, 1.165) is 21.3 Å². The summed E-state index contributed by atoms with van der Waals surface area (Å²) in [5.41, 5.74) is 3.60. The Morgan fingerprint density at radius 2 is 1.85 bits per heavy atom. The van der Waals surface area contributed by atoms with E-state index in [1.807, 2.05) is 56.3 Å². The number of benzene rings is 3. The third-order valence-corrected chi connectivity index (χ3v) is 5.84. The second-order valence-electron chi connectivity index (χ2n) is 7.37.